The number of nitrogens with one attached hydrogen (secondary N) is 1. The molecule has 2 atom stereocenters. The van der Waals surface area contributed by atoms with E-state index in [-0.39, 0.29) is 13.0 Å². The summed E-state index contributed by atoms with van der Waals surface area (Å²) in [6.07, 6.45) is 0.693. The third-order valence-corrected chi connectivity index (χ3v) is 5.43. The first-order chi connectivity index (χ1) is 14.4. The van der Waals surface area contributed by atoms with E-state index < -0.39 is 30.1 Å². The van der Waals surface area contributed by atoms with Gasteiger partial charge < -0.3 is 15.2 Å². The van der Waals surface area contributed by atoms with Gasteiger partial charge in [-0.05, 0) is 36.1 Å². The largest absolute Gasteiger partial charge is 0.480 e. The maximum absolute atomic E-state index is 12.8. The number of benzene rings is 2. The van der Waals surface area contributed by atoms with E-state index >= 15 is 0 Å². The van der Waals surface area contributed by atoms with Gasteiger partial charge in [-0.25, -0.2) is 9.59 Å². The van der Waals surface area contributed by atoms with Gasteiger partial charge >= 0.3 is 12.1 Å². The summed E-state index contributed by atoms with van der Waals surface area (Å²) in [5.74, 6) is -1.61. The lowest BCUT2D eigenvalue weighted by molar-refractivity contribution is -0.142. The van der Waals surface area contributed by atoms with Crippen LogP contribution in [-0.2, 0) is 27.4 Å². The molecule has 2 aromatic carbocycles. The van der Waals surface area contributed by atoms with Gasteiger partial charge in [0.1, 0.15) is 18.7 Å². The van der Waals surface area contributed by atoms with E-state index in [9.17, 15) is 19.5 Å². The SMILES string of the molecule is O=C(O)[C@H](Cc1cccc(Br)c1)NC(=O)[C@H]1CCCN1C(=O)OCc1ccccc1. The fraction of sp³-hybridized carbons (Fsp3) is 0.318. The Morgan fingerprint density at radius 1 is 1.13 bits per heavy atom. The highest BCUT2D eigenvalue weighted by atomic mass is 79.9. The van der Waals surface area contributed by atoms with E-state index in [1.165, 1.54) is 4.90 Å². The number of carboxylic acids is 1. The predicted octanol–water partition coefficient (Wildman–Crippen LogP) is 3.36. The van der Waals surface area contributed by atoms with Gasteiger partial charge in [0, 0.05) is 17.4 Å². The molecule has 1 aliphatic rings. The minimum absolute atomic E-state index is 0.116. The van der Waals surface area contributed by atoms with Gasteiger partial charge in [0.2, 0.25) is 5.91 Å². The molecule has 1 heterocycles. The number of rotatable bonds is 7. The number of likely N-dealkylation sites (tertiary alicyclic amines) is 1. The lowest BCUT2D eigenvalue weighted by Crippen LogP contribution is -2.51. The van der Waals surface area contributed by atoms with Crippen molar-refractivity contribution in [2.45, 2.75) is 38.0 Å². The van der Waals surface area contributed by atoms with E-state index in [0.717, 1.165) is 15.6 Å². The Kier molecular flexibility index (Phi) is 7.46. The molecule has 0 bridgehead atoms. The van der Waals surface area contributed by atoms with Crippen LogP contribution in [0.3, 0.4) is 0 Å². The van der Waals surface area contributed by atoms with Gasteiger partial charge in [-0.1, -0.05) is 58.4 Å². The molecule has 2 aromatic rings. The van der Waals surface area contributed by atoms with Crippen molar-refractivity contribution < 1.29 is 24.2 Å². The average molecular weight is 475 g/mol. The van der Waals surface area contributed by atoms with Crippen molar-refractivity contribution in [2.75, 3.05) is 6.54 Å². The highest BCUT2D eigenvalue weighted by Crippen LogP contribution is 2.20. The molecule has 8 heteroatoms. The second-order valence-corrected chi connectivity index (χ2v) is 8.04. The Bertz CT molecular complexity index is 905. The van der Waals surface area contributed by atoms with Gasteiger partial charge in [-0.2, -0.15) is 0 Å². The van der Waals surface area contributed by atoms with Crippen LogP contribution in [-0.4, -0.2) is 46.6 Å². The number of halogens is 1. The van der Waals surface area contributed by atoms with E-state index in [1.807, 2.05) is 48.5 Å². The molecule has 0 aromatic heterocycles. The van der Waals surface area contributed by atoms with Crippen LogP contribution < -0.4 is 5.32 Å². The molecule has 1 fully saturated rings. The van der Waals surface area contributed by atoms with Crippen LogP contribution in [0.2, 0.25) is 0 Å². The molecule has 0 spiro atoms. The first kappa shape index (κ1) is 21.8. The molecule has 0 aliphatic carbocycles. The number of nitrogens with zero attached hydrogens (tertiary/aromatic N) is 1. The Hall–Kier alpha value is -2.87. The Morgan fingerprint density at radius 2 is 1.87 bits per heavy atom. The van der Waals surface area contributed by atoms with Crippen molar-refractivity contribution in [1.29, 1.82) is 0 Å². The van der Waals surface area contributed by atoms with Gasteiger partial charge in [0.15, 0.2) is 0 Å². The number of aliphatic carboxylic acids is 1. The highest BCUT2D eigenvalue weighted by molar-refractivity contribution is 9.10. The summed E-state index contributed by atoms with van der Waals surface area (Å²) in [6.45, 7) is 0.514. The lowest BCUT2D eigenvalue weighted by Gasteiger charge is -2.25. The number of carboxylic acid groups (broad SMARTS) is 1. The van der Waals surface area contributed by atoms with Crippen LogP contribution >= 0.6 is 15.9 Å². The third-order valence-electron chi connectivity index (χ3n) is 4.94. The third kappa shape index (κ3) is 5.82. The smallest absolute Gasteiger partial charge is 0.410 e. The van der Waals surface area contributed by atoms with Gasteiger partial charge in [0.05, 0.1) is 0 Å². The van der Waals surface area contributed by atoms with E-state index in [1.54, 1.807) is 6.07 Å². The Balaban J connectivity index is 1.60. The summed E-state index contributed by atoms with van der Waals surface area (Å²) < 4.78 is 6.17. The van der Waals surface area contributed by atoms with E-state index in [2.05, 4.69) is 21.2 Å². The Labute approximate surface area is 183 Å². The second-order valence-electron chi connectivity index (χ2n) is 7.13. The van der Waals surface area contributed by atoms with E-state index in [0.29, 0.717) is 19.4 Å². The zero-order valence-electron chi connectivity index (χ0n) is 16.3. The molecular formula is C22H23BrN2O5. The maximum atomic E-state index is 12.8. The molecule has 3 rings (SSSR count). The van der Waals surface area contributed by atoms with Crippen LogP contribution in [0, 0.1) is 0 Å². The van der Waals surface area contributed by atoms with Crippen molar-refractivity contribution in [3.05, 3.63) is 70.2 Å². The summed E-state index contributed by atoms with van der Waals surface area (Å²) >= 11 is 3.36. The topological polar surface area (TPSA) is 95.9 Å². The lowest BCUT2D eigenvalue weighted by atomic mass is 10.1. The van der Waals surface area contributed by atoms with Gasteiger partial charge in [0.25, 0.3) is 0 Å². The van der Waals surface area contributed by atoms with E-state index in [4.69, 9.17) is 4.74 Å². The minimum atomic E-state index is -1.13. The van der Waals surface area contributed by atoms with Crippen LogP contribution in [0.15, 0.2) is 59.1 Å². The molecule has 0 unspecified atom stereocenters. The minimum Gasteiger partial charge on any atom is -0.480 e. The molecule has 2 amide bonds. The number of hydrogen-bond acceptors (Lipinski definition) is 4. The summed E-state index contributed by atoms with van der Waals surface area (Å²) in [7, 11) is 0. The molecule has 1 aliphatic heterocycles. The summed E-state index contributed by atoms with van der Waals surface area (Å²) in [4.78, 5) is 38.3. The number of carbonyl (C=O) groups is 3. The van der Waals surface area contributed by atoms with Crippen molar-refractivity contribution in [3.8, 4) is 0 Å². The fourth-order valence-electron chi connectivity index (χ4n) is 3.43. The maximum Gasteiger partial charge on any atom is 0.410 e. The van der Waals surface area contributed by atoms with Crippen LogP contribution in [0.4, 0.5) is 4.79 Å². The van der Waals surface area contributed by atoms with Crippen molar-refractivity contribution in [3.63, 3.8) is 0 Å². The molecule has 0 radical (unpaired) electrons. The highest BCUT2D eigenvalue weighted by Gasteiger charge is 2.36. The Morgan fingerprint density at radius 3 is 2.57 bits per heavy atom. The average Bonchev–Trinajstić information content (AvgIpc) is 3.22. The first-order valence-corrected chi connectivity index (χ1v) is 10.5. The zero-order chi connectivity index (χ0) is 21.5. The van der Waals surface area contributed by atoms with Crippen molar-refractivity contribution >= 4 is 33.9 Å². The molecule has 2 N–H and O–H groups in total. The zero-order valence-corrected chi connectivity index (χ0v) is 17.9. The quantitative estimate of drug-likeness (QED) is 0.641. The molecule has 1 saturated heterocycles. The fourth-order valence-corrected chi connectivity index (χ4v) is 3.87. The number of ether oxygens (including phenoxy) is 1. The van der Waals surface area contributed by atoms with Crippen molar-refractivity contribution in [2.24, 2.45) is 0 Å². The first-order valence-electron chi connectivity index (χ1n) is 9.69. The summed E-state index contributed by atoms with van der Waals surface area (Å²) in [5.41, 5.74) is 1.63. The monoisotopic (exact) mass is 474 g/mol. The summed E-state index contributed by atoms with van der Waals surface area (Å²) in [5, 5.41) is 12.1. The van der Waals surface area contributed by atoms with Crippen LogP contribution in [0.1, 0.15) is 24.0 Å². The van der Waals surface area contributed by atoms with Gasteiger partial charge in [-0.15, -0.1) is 0 Å². The van der Waals surface area contributed by atoms with Gasteiger partial charge in [-0.3, -0.25) is 9.69 Å². The standard InChI is InChI=1S/C22H23BrN2O5/c23-17-9-4-8-16(12-17)13-18(21(27)28)24-20(26)19-10-5-11-25(19)22(29)30-14-15-6-2-1-3-7-15/h1-4,6-9,12,18-19H,5,10-11,13-14H2,(H,24,26)(H,27,28)/t18-,19+/m0/s1. The van der Waals surface area contributed by atoms with Crippen LogP contribution in [0.25, 0.3) is 0 Å². The normalized spacial score (nSPS) is 16.7. The number of amides is 2. The molecule has 0 saturated carbocycles. The molecule has 158 valence electrons. The van der Waals surface area contributed by atoms with Crippen LogP contribution in [0.5, 0.6) is 0 Å². The second kappa shape index (κ2) is 10.2. The predicted molar refractivity (Wildman–Crippen MR) is 114 cm³/mol. The molecule has 7 nitrogen and oxygen atoms in total. The van der Waals surface area contributed by atoms with Crippen molar-refractivity contribution in [1.82, 2.24) is 10.2 Å². The molecular weight excluding hydrogens is 452 g/mol. The number of carbonyl (C=O) groups excluding carboxylic acids is 2. The molecule has 30 heavy (non-hydrogen) atoms. The number of hydrogen-bond donors (Lipinski definition) is 2. The summed E-state index contributed by atoms with van der Waals surface area (Å²) in [6, 6.07) is 14.7.